The van der Waals surface area contributed by atoms with Crippen LogP contribution in [0.5, 0.6) is 0 Å². The summed E-state index contributed by atoms with van der Waals surface area (Å²) in [6, 6.07) is 7.05. The highest BCUT2D eigenvalue weighted by Gasteiger charge is 2.17. The summed E-state index contributed by atoms with van der Waals surface area (Å²) in [6.07, 6.45) is 2.45. The predicted octanol–water partition coefficient (Wildman–Crippen LogP) is 2.72. The van der Waals surface area contributed by atoms with Crippen molar-refractivity contribution in [1.82, 2.24) is 0 Å². The van der Waals surface area contributed by atoms with Gasteiger partial charge in [0.25, 0.3) is 0 Å². The highest BCUT2D eigenvalue weighted by atomic mass is 35.5. The molecule has 0 aliphatic heterocycles. The van der Waals surface area contributed by atoms with Crippen LogP contribution in [-0.2, 0) is 16.0 Å². The number of rotatable bonds is 5. The Morgan fingerprint density at radius 1 is 1.53 bits per heavy atom. The van der Waals surface area contributed by atoms with Crippen LogP contribution in [0.15, 0.2) is 24.3 Å². The summed E-state index contributed by atoms with van der Waals surface area (Å²) in [4.78, 5) is 22.0. The third-order valence-electron chi connectivity index (χ3n) is 2.52. The highest BCUT2D eigenvalue weighted by Crippen LogP contribution is 2.28. The standard InChI is InChI=1S/C14H12ClNO3/c1-9(17)14(15)12-4-2-3-10(7-8-16)11(12)5-6-13(18)19/h2-6,14H,7H2,1H3,(H,18,19)/b6-5+. The lowest BCUT2D eigenvalue weighted by Crippen LogP contribution is -2.05. The van der Waals surface area contributed by atoms with Crippen molar-refractivity contribution in [2.75, 3.05) is 0 Å². The number of nitriles is 1. The Balaban J connectivity index is 3.37. The summed E-state index contributed by atoms with van der Waals surface area (Å²) >= 11 is 6.02. The smallest absolute Gasteiger partial charge is 0.328 e. The van der Waals surface area contributed by atoms with Gasteiger partial charge in [0.2, 0.25) is 0 Å². The van der Waals surface area contributed by atoms with Crippen LogP contribution in [0, 0.1) is 11.3 Å². The first-order valence-corrected chi connectivity index (χ1v) is 5.95. The van der Waals surface area contributed by atoms with Gasteiger partial charge in [-0.05, 0) is 29.7 Å². The van der Waals surface area contributed by atoms with Gasteiger partial charge in [-0.3, -0.25) is 4.79 Å². The van der Waals surface area contributed by atoms with Gasteiger partial charge in [-0.15, -0.1) is 11.6 Å². The fraction of sp³-hybridized carbons (Fsp3) is 0.214. The van der Waals surface area contributed by atoms with Crippen molar-refractivity contribution in [1.29, 1.82) is 5.26 Å². The van der Waals surface area contributed by atoms with Crippen molar-refractivity contribution in [2.45, 2.75) is 18.7 Å². The lowest BCUT2D eigenvalue weighted by Gasteiger charge is -2.13. The average Bonchev–Trinajstić information content (AvgIpc) is 2.36. The molecule has 0 fully saturated rings. The first-order chi connectivity index (χ1) is 8.97. The van der Waals surface area contributed by atoms with Gasteiger partial charge in [0, 0.05) is 6.08 Å². The molecule has 0 radical (unpaired) electrons. The van der Waals surface area contributed by atoms with E-state index in [1.807, 2.05) is 6.07 Å². The minimum atomic E-state index is -1.10. The normalized spacial score (nSPS) is 12.1. The molecule has 0 saturated carbocycles. The zero-order valence-corrected chi connectivity index (χ0v) is 11.0. The minimum absolute atomic E-state index is 0.120. The molecule has 0 bridgehead atoms. The van der Waals surface area contributed by atoms with E-state index in [-0.39, 0.29) is 12.2 Å². The summed E-state index contributed by atoms with van der Waals surface area (Å²) in [7, 11) is 0. The van der Waals surface area contributed by atoms with Crippen LogP contribution < -0.4 is 0 Å². The zero-order chi connectivity index (χ0) is 14.4. The first kappa shape index (κ1) is 14.9. The van der Waals surface area contributed by atoms with Gasteiger partial charge >= 0.3 is 5.97 Å². The summed E-state index contributed by atoms with van der Waals surface area (Å²) in [5.74, 6) is -1.34. The average molecular weight is 278 g/mol. The molecule has 98 valence electrons. The predicted molar refractivity (Wildman–Crippen MR) is 71.7 cm³/mol. The van der Waals surface area contributed by atoms with E-state index in [9.17, 15) is 9.59 Å². The van der Waals surface area contributed by atoms with E-state index in [2.05, 4.69) is 0 Å². The molecular weight excluding hydrogens is 266 g/mol. The summed E-state index contributed by atoms with van der Waals surface area (Å²) in [5.41, 5.74) is 1.67. The number of carboxylic acid groups (broad SMARTS) is 1. The third kappa shape index (κ3) is 3.94. The molecule has 0 heterocycles. The second-order valence-electron chi connectivity index (χ2n) is 3.90. The fourth-order valence-corrected chi connectivity index (χ4v) is 1.86. The van der Waals surface area contributed by atoms with Gasteiger partial charge in [-0.25, -0.2) is 4.79 Å². The van der Waals surface area contributed by atoms with Crippen molar-refractivity contribution in [3.63, 3.8) is 0 Å². The minimum Gasteiger partial charge on any atom is -0.478 e. The maximum absolute atomic E-state index is 11.4. The number of halogens is 1. The Morgan fingerprint density at radius 3 is 2.74 bits per heavy atom. The molecule has 1 rings (SSSR count). The maximum atomic E-state index is 11.4. The van der Waals surface area contributed by atoms with E-state index in [1.54, 1.807) is 18.2 Å². The molecule has 1 aromatic rings. The lowest BCUT2D eigenvalue weighted by molar-refractivity contribution is -0.131. The zero-order valence-electron chi connectivity index (χ0n) is 10.3. The summed E-state index contributed by atoms with van der Waals surface area (Å²) in [5, 5.41) is 16.6. The van der Waals surface area contributed by atoms with E-state index >= 15 is 0 Å². The number of ketones is 1. The number of hydrogen-bond acceptors (Lipinski definition) is 3. The monoisotopic (exact) mass is 277 g/mol. The van der Waals surface area contributed by atoms with Crippen LogP contribution in [0.1, 0.15) is 29.0 Å². The number of Topliss-reactive ketones (excluding diaryl/α,β-unsaturated/α-hetero) is 1. The Morgan fingerprint density at radius 2 is 2.21 bits per heavy atom. The molecule has 0 amide bonds. The molecule has 0 aliphatic carbocycles. The van der Waals surface area contributed by atoms with E-state index < -0.39 is 11.3 Å². The van der Waals surface area contributed by atoms with Crippen LogP contribution in [0.4, 0.5) is 0 Å². The van der Waals surface area contributed by atoms with Crippen LogP contribution in [0.2, 0.25) is 0 Å². The van der Waals surface area contributed by atoms with Gasteiger partial charge < -0.3 is 5.11 Å². The molecule has 19 heavy (non-hydrogen) atoms. The van der Waals surface area contributed by atoms with E-state index in [0.29, 0.717) is 16.7 Å². The van der Waals surface area contributed by atoms with Crippen LogP contribution in [0.25, 0.3) is 6.08 Å². The Hall–Kier alpha value is -2.12. The molecule has 5 heteroatoms. The largest absolute Gasteiger partial charge is 0.478 e. The highest BCUT2D eigenvalue weighted by molar-refractivity contribution is 6.31. The van der Waals surface area contributed by atoms with Crippen LogP contribution in [0.3, 0.4) is 0 Å². The van der Waals surface area contributed by atoms with Crippen LogP contribution in [-0.4, -0.2) is 16.9 Å². The van der Waals surface area contributed by atoms with E-state index in [0.717, 1.165) is 6.08 Å². The summed E-state index contributed by atoms with van der Waals surface area (Å²) in [6.45, 7) is 1.36. The van der Waals surface area contributed by atoms with Crippen molar-refractivity contribution in [2.24, 2.45) is 0 Å². The topological polar surface area (TPSA) is 78.2 Å². The van der Waals surface area contributed by atoms with Gasteiger partial charge in [0.05, 0.1) is 12.5 Å². The fourth-order valence-electron chi connectivity index (χ4n) is 1.67. The quantitative estimate of drug-likeness (QED) is 0.663. The molecule has 0 saturated heterocycles. The number of hydrogen-bond donors (Lipinski definition) is 1. The summed E-state index contributed by atoms with van der Waals surface area (Å²) < 4.78 is 0. The molecule has 1 aromatic carbocycles. The molecule has 0 spiro atoms. The molecule has 0 aliphatic rings. The number of aliphatic carboxylic acids is 1. The lowest BCUT2D eigenvalue weighted by atomic mass is 9.95. The Kier molecular flexibility index (Phi) is 5.28. The number of alkyl halides is 1. The third-order valence-corrected chi connectivity index (χ3v) is 3.06. The van der Waals surface area contributed by atoms with Crippen molar-refractivity contribution < 1.29 is 14.7 Å². The number of carbonyl (C=O) groups is 2. The Bertz CT molecular complexity index is 573. The second kappa shape index (κ2) is 6.72. The number of nitrogens with zero attached hydrogens (tertiary/aromatic N) is 1. The van der Waals surface area contributed by atoms with Crippen molar-refractivity contribution in [3.05, 3.63) is 41.0 Å². The van der Waals surface area contributed by atoms with Gasteiger partial charge in [-0.2, -0.15) is 5.26 Å². The van der Waals surface area contributed by atoms with Crippen molar-refractivity contribution in [3.8, 4) is 6.07 Å². The molecule has 1 atom stereocenters. The van der Waals surface area contributed by atoms with Crippen LogP contribution >= 0.6 is 11.6 Å². The molecule has 1 N–H and O–H groups in total. The SMILES string of the molecule is CC(=O)C(Cl)c1cccc(CC#N)c1/C=C/C(=O)O. The maximum Gasteiger partial charge on any atom is 0.328 e. The van der Waals surface area contributed by atoms with E-state index in [1.165, 1.54) is 13.0 Å². The number of benzene rings is 1. The van der Waals surface area contributed by atoms with Crippen molar-refractivity contribution >= 4 is 29.4 Å². The van der Waals surface area contributed by atoms with Gasteiger partial charge in [0.1, 0.15) is 5.38 Å². The molecular formula is C14H12ClNO3. The van der Waals surface area contributed by atoms with Gasteiger partial charge in [-0.1, -0.05) is 18.2 Å². The van der Waals surface area contributed by atoms with Gasteiger partial charge in [0.15, 0.2) is 5.78 Å². The molecule has 0 aromatic heterocycles. The molecule has 1 unspecified atom stereocenters. The van der Waals surface area contributed by atoms with E-state index in [4.69, 9.17) is 22.0 Å². The number of carboxylic acids is 1. The molecule has 4 nitrogen and oxygen atoms in total. The second-order valence-corrected chi connectivity index (χ2v) is 4.34. The Labute approximate surface area is 115 Å². The number of carbonyl (C=O) groups excluding carboxylic acids is 1. The first-order valence-electron chi connectivity index (χ1n) is 5.51.